The Kier molecular flexibility index (Phi) is 6.34. The summed E-state index contributed by atoms with van der Waals surface area (Å²) in [6.07, 6.45) is 2.12. The Morgan fingerprint density at radius 2 is 1.80 bits per heavy atom. The minimum atomic E-state index is -4.21. The van der Waals surface area contributed by atoms with E-state index in [1.807, 2.05) is 0 Å². The van der Waals surface area contributed by atoms with Crippen molar-refractivity contribution in [2.45, 2.75) is 69.0 Å². The molecule has 0 spiro atoms. The van der Waals surface area contributed by atoms with Crippen LogP contribution in [0.3, 0.4) is 0 Å². The molecule has 0 aromatic carbocycles. The number of nitrogens with one attached hydrogen (secondary N) is 1. The van der Waals surface area contributed by atoms with Crippen molar-refractivity contribution in [3.05, 3.63) is 11.7 Å². The first-order valence-electron chi connectivity index (χ1n) is 10.9. The van der Waals surface area contributed by atoms with Crippen LogP contribution >= 0.6 is 0 Å². The molecule has 168 valence electrons. The molecule has 10 heteroatoms. The molecule has 0 unspecified atom stereocenters. The molecular formula is C20H29F3N4O3. The molecule has 1 aliphatic carbocycles. The van der Waals surface area contributed by atoms with Gasteiger partial charge in [0.2, 0.25) is 5.91 Å². The van der Waals surface area contributed by atoms with Gasteiger partial charge in [0.05, 0.1) is 6.54 Å². The summed E-state index contributed by atoms with van der Waals surface area (Å²) >= 11 is 0. The van der Waals surface area contributed by atoms with Crippen LogP contribution in [0.4, 0.5) is 13.2 Å². The number of carbonyl (C=O) groups is 1. The number of alkyl halides is 3. The van der Waals surface area contributed by atoms with Gasteiger partial charge in [-0.15, -0.1) is 0 Å². The highest BCUT2D eigenvalue weighted by atomic mass is 19.4. The topological polar surface area (TPSA) is 80.5 Å². The molecule has 0 bridgehead atoms. The molecule has 3 aliphatic rings. The first-order chi connectivity index (χ1) is 14.3. The normalized spacial score (nSPS) is 24.2. The van der Waals surface area contributed by atoms with Crippen LogP contribution < -0.4 is 5.32 Å². The fourth-order valence-electron chi connectivity index (χ4n) is 4.84. The maximum atomic E-state index is 13.0. The van der Waals surface area contributed by atoms with Gasteiger partial charge in [-0.2, -0.15) is 18.2 Å². The van der Waals surface area contributed by atoms with Crippen LogP contribution in [-0.2, 0) is 15.1 Å². The van der Waals surface area contributed by atoms with E-state index in [1.165, 1.54) is 4.90 Å². The molecule has 0 atom stereocenters. The maximum Gasteiger partial charge on any atom is 0.401 e. The Hall–Kier alpha value is -1.68. The van der Waals surface area contributed by atoms with Gasteiger partial charge in [-0.25, -0.2) is 0 Å². The van der Waals surface area contributed by atoms with Crippen LogP contribution in [0, 0.1) is 5.92 Å². The molecule has 1 aromatic heterocycles. The summed E-state index contributed by atoms with van der Waals surface area (Å²) in [5.74, 6) is 0.988. The second kappa shape index (κ2) is 8.82. The number of ether oxygens (including phenoxy) is 1. The number of amides is 1. The molecule has 1 saturated carbocycles. The van der Waals surface area contributed by atoms with E-state index in [0.29, 0.717) is 56.5 Å². The molecule has 3 heterocycles. The third kappa shape index (κ3) is 4.96. The van der Waals surface area contributed by atoms with Crippen LogP contribution in [-0.4, -0.2) is 60.0 Å². The third-order valence-corrected chi connectivity index (χ3v) is 6.64. The van der Waals surface area contributed by atoms with Crippen LogP contribution in [0.25, 0.3) is 0 Å². The monoisotopic (exact) mass is 430 g/mol. The van der Waals surface area contributed by atoms with E-state index in [0.717, 1.165) is 25.7 Å². The predicted octanol–water partition coefficient (Wildman–Crippen LogP) is 3.12. The number of piperidine rings is 1. The lowest BCUT2D eigenvalue weighted by atomic mass is 9.87. The van der Waals surface area contributed by atoms with Gasteiger partial charge in [0, 0.05) is 37.9 Å². The molecule has 1 aromatic rings. The summed E-state index contributed by atoms with van der Waals surface area (Å²) in [5.41, 5.74) is -0.762. The Morgan fingerprint density at radius 3 is 2.43 bits per heavy atom. The summed E-state index contributed by atoms with van der Waals surface area (Å²) in [6.45, 7) is 0.561. The number of hydrogen-bond donors (Lipinski definition) is 1. The van der Waals surface area contributed by atoms with Crippen molar-refractivity contribution in [2.75, 3.05) is 32.8 Å². The number of nitrogens with zero attached hydrogens (tertiary/aromatic N) is 3. The summed E-state index contributed by atoms with van der Waals surface area (Å²) in [6, 6.07) is 0. The molecule has 1 N–H and O–H groups in total. The summed E-state index contributed by atoms with van der Waals surface area (Å²) in [7, 11) is 0. The quantitative estimate of drug-likeness (QED) is 0.773. The Balaban J connectivity index is 1.41. The standard InChI is InChI=1S/C20H29F3N4O3/c21-20(22,23)13-27-9-5-15(6-10-27)17(28)25-19(7-11-29-12-8-19)18-24-16(26-30-18)14-3-1-2-4-14/h14-15H,1-13H2,(H,25,28). The smallest absolute Gasteiger partial charge is 0.381 e. The molecule has 7 nitrogen and oxygen atoms in total. The van der Waals surface area contributed by atoms with Crippen molar-refractivity contribution in [1.29, 1.82) is 0 Å². The molecule has 2 saturated heterocycles. The van der Waals surface area contributed by atoms with Gasteiger partial charge in [-0.3, -0.25) is 9.69 Å². The molecule has 30 heavy (non-hydrogen) atoms. The number of aromatic nitrogens is 2. The van der Waals surface area contributed by atoms with Gasteiger partial charge in [0.25, 0.3) is 5.89 Å². The van der Waals surface area contributed by atoms with Gasteiger partial charge in [-0.05, 0) is 38.8 Å². The highest BCUT2D eigenvalue weighted by molar-refractivity contribution is 5.79. The van der Waals surface area contributed by atoms with E-state index in [2.05, 4.69) is 15.5 Å². The van der Waals surface area contributed by atoms with Crippen LogP contribution in [0.5, 0.6) is 0 Å². The van der Waals surface area contributed by atoms with E-state index in [9.17, 15) is 18.0 Å². The average molecular weight is 430 g/mol. The fourth-order valence-corrected chi connectivity index (χ4v) is 4.84. The van der Waals surface area contributed by atoms with Crippen molar-refractivity contribution in [3.8, 4) is 0 Å². The van der Waals surface area contributed by atoms with Gasteiger partial charge in [0.1, 0.15) is 5.54 Å². The zero-order valence-corrected chi connectivity index (χ0v) is 17.0. The molecule has 4 rings (SSSR count). The summed E-state index contributed by atoms with van der Waals surface area (Å²) in [4.78, 5) is 19.0. The van der Waals surface area contributed by atoms with E-state index >= 15 is 0 Å². The molecule has 1 amide bonds. The molecule has 0 radical (unpaired) electrons. The van der Waals surface area contributed by atoms with Crippen molar-refractivity contribution in [1.82, 2.24) is 20.4 Å². The van der Waals surface area contributed by atoms with Gasteiger partial charge < -0.3 is 14.6 Å². The van der Waals surface area contributed by atoms with Crippen LogP contribution in [0.1, 0.15) is 69.0 Å². The largest absolute Gasteiger partial charge is 0.401 e. The Morgan fingerprint density at radius 1 is 1.13 bits per heavy atom. The molecular weight excluding hydrogens is 401 g/mol. The van der Waals surface area contributed by atoms with E-state index in [4.69, 9.17) is 9.26 Å². The lowest BCUT2D eigenvalue weighted by Gasteiger charge is -2.37. The fraction of sp³-hybridized carbons (Fsp3) is 0.850. The van der Waals surface area contributed by atoms with Gasteiger partial charge in [0.15, 0.2) is 5.82 Å². The number of hydrogen-bond acceptors (Lipinski definition) is 6. The number of halogens is 3. The van der Waals surface area contributed by atoms with Gasteiger partial charge in [-0.1, -0.05) is 18.0 Å². The molecule has 3 fully saturated rings. The maximum absolute atomic E-state index is 13.0. The summed E-state index contributed by atoms with van der Waals surface area (Å²) in [5, 5.41) is 7.32. The second-order valence-corrected chi connectivity index (χ2v) is 8.79. The first kappa shape index (κ1) is 21.5. The zero-order valence-electron chi connectivity index (χ0n) is 17.0. The van der Waals surface area contributed by atoms with Crippen molar-refractivity contribution < 1.29 is 27.2 Å². The summed E-state index contributed by atoms with van der Waals surface area (Å²) < 4.78 is 48.9. The second-order valence-electron chi connectivity index (χ2n) is 8.79. The highest BCUT2D eigenvalue weighted by Crippen LogP contribution is 2.36. The number of rotatable bonds is 5. The van der Waals surface area contributed by atoms with E-state index in [-0.39, 0.29) is 24.9 Å². The zero-order chi connectivity index (χ0) is 21.2. The van der Waals surface area contributed by atoms with E-state index < -0.39 is 18.3 Å². The van der Waals surface area contributed by atoms with Crippen molar-refractivity contribution in [3.63, 3.8) is 0 Å². The highest BCUT2D eigenvalue weighted by Gasteiger charge is 2.43. The Bertz CT molecular complexity index is 719. The van der Waals surface area contributed by atoms with Crippen molar-refractivity contribution >= 4 is 5.91 Å². The minimum Gasteiger partial charge on any atom is -0.381 e. The third-order valence-electron chi connectivity index (χ3n) is 6.64. The Labute approximate surface area is 173 Å². The molecule has 2 aliphatic heterocycles. The van der Waals surface area contributed by atoms with Crippen molar-refractivity contribution in [2.24, 2.45) is 5.92 Å². The minimum absolute atomic E-state index is 0.149. The van der Waals surface area contributed by atoms with Crippen LogP contribution in [0.2, 0.25) is 0 Å². The average Bonchev–Trinajstić information content (AvgIpc) is 3.40. The lowest BCUT2D eigenvalue weighted by Crippen LogP contribution is -2.53. The van der Waals surface area contributed by atoms with E-state index in [1.54, 1.807) is 0 Å². The van der Waals surface area contributed by atoms with Gasteiger partial charge >= 0.3 is 6.18 Å². The lowest BCUT2D eigenvalue weighted by molar-refractivity contribution is -0.150. The number of likely N-dealkylation sites (tertiary alicyclic amines) is 1. The number of carbonyl (C=O) groups excluding carboxylic acids is 1. The SMILES string of the molecule is O=C(NC1(c2nc(C3CCCC3)no2)CCOCC1)C1CCN(CC(F)(F)F)CC1. The first-order valence-corrected chi connectivity index (χ1v) is 10.9. The predicted molar refractivity (Wildman–Crippen MR) is 101 cm³/mol. The van der Waals surface area contributed by atoms with Crippen LogP contribution in [0.15, 0.2) is 4.52 Å².